The van der Waals surface area contributed by atoms with Crippen LogP contribution in [0.3, 0.4) is 0 Å². The molecule has 110 valence electrons. The summed E-state index contributed by atoms with van der Waals surface area (Å²) in [6, 6.07) is 14.3. The molecule has 0 aliphatic carbocycles. The number of amides is 1. The second-order valence-electron chi connectivity index (χ2n) is 5.06. The zero-order valence-corrected chi connectivity index (χ0v) is 12.3. The molecule has 1 aliphatic rings. The lowest BCUT2D eigenvalue weighted by Crippen LogP contribution is -2.45. The van der Waals surface area contributed by atoms with E-state index in [1.54, 1.807) is 42.5 Å². The minimum absolute atomic E-state index is 0.208. The number of nitroso groups, excluding NO2 is 1. The molecule has 5 heteroatoms. The van der Waals surface area contributed by atoms with Gasteiger partial charge in [-0.15, -0.1) is 4.91 Å². The van der Waals surface area contributed by atoms with Crippen molar-refractivity contribution in [2.75, 3.05) is 0 Å². The first-order valence-corrected chi connectivity index (χ1v) is 7.10. The zero-order valence-electron chi connectivity index (χ0n) is 11.5. The van der Waals surface area contributed by atoms with Crippen LogP contribution in [-0.4, -0.2) is 11.5 Å². The number of fused-ring (bicyclic) bond motifs is 1. The Hall–Kier alpha value is -2.46. The van der Waals surface area contributed by atoms with Gasteiger partial charge in [-0.2, -0.15) is 0 Å². The lowest BCUT2D eigenvalue weighted by Gasteiger charge is -2.31. The van der Waals surface area contributed by atoms with Gasteiger partial charge in [-0.25, -0.2) is 0 Å². The van der Waals surface area contributed by atoms with E-state index in [1.165, 1.54) is 0 Å². The Morgan fingerprint density at radius 2 is 1.86 bits per heavy atom. The second kappa shape index (κ2) is 5.73. The monoisotopic (exact) mass is 313 g/mol. The number of nitrogens with zero attached hydrogens (tertiary/aromatic N) is 1. The van der Waals surface area contributed by atoms with Crippen molar-refractivity contribution >= 4 is 23.6 Å². The van der Waals surface area contributed by atoms with Crippen molar-refractivity contribution in [1.82, 2.24) is 0 Å². The number of rotatable bonds is 3. The van der Waals surface area contributed by atoms with Crippen LogP contribution in [0.1, 0.15) is 11.1 Å². The Morgan fingerprint density at radius 3 is 2.59 bits per heavy atom. The maximum Gasteiger partial charge on any atom is 0.333 e. The summed E-state index contributed by atoms with van der Waals surface area (Å²) in [5, 5.41) is 3.18. The summed E-state index contributed by atoms with van der Waals surface area (Å²) in [7, 11) is 0. The predicted octanol–water partition coefficient (Wildman–Crippen LogP) is 4.02. The van der Waals surface area contributed by atoms with Crippen molar-refractivity contribution in [3.63, 3.8) is 0 Å². The molecule has 2 aromatic rings. The van der Waals surface area contributed by atoms with E-state index in [1.807, 2.05) is 18.2 Å². The lowest BCUT2D eigenvalue weighted by atomic mass is 9.90. The van der Waals surface area contributed by atoms with Crippen LogP contribution < -0.4 is 4.74 Å². The number of carbonyl (C=O) groups is 1. The van der Waals surface area contributed by atoms with E-state index in [-0.39, 0.29) is 6.42 Å². The molecule has 0 radical (unpaired) electrons. The molecule has 1 amide bonds. The molecule has 0 spiro atoms. The number of halogens is 1. The maximum atomic E-state index is 12.1. The van der Waals surface area contributed by atoms with Gasteiger partial charge < -0.3 is 4.74 Å². The smallest absolute Gasteiger partial charge is 0.333 e. The molecule has 0 saturated heterocycles. The average Bonchev–Trinajstić information content (AvgIpc) is 2.56. The Labute approximate surface area is 132 Å². The van der Waals surface area contributed by atoms with Crippen molar-refractivity contribution in [2.24, 2.45) is 5.18 Å². The largest absolute Gasteiger partial charge is 0.472 e. The maximum absolute atomic E-state index is 12.1. The number of benzene rings is 2. The van der Waals surface area contributed by atoms with Gasteiger partial charge in [0.15, 0.2) is 0 Å². The lowest BCUT2D eigenvalue weighted by molar-refractivity contribution is -0.129. The molecule has 0 aromatic heterocycles. The highest BCUT2D eigenvalue weighted by Gasteiger charge is 2.42. The van der Waals surface area contributed by atoms with Crippen LogP contribution in [0.2, 0.25) is 5.02 Å². The molecule has 1 aliphatic heterocycles. The molecule has 1 heterocycles. The highest BCUT2D eigenvalue weighted by Crippen LogP contribution is 2.34. The van der Waals surface area contributed by atoms with Gasteiger partial charge in [0.25, 0.3) is 0 Å². The Morgan fingerprint density at radius 1 is 1.14 bits per heavy atom. The van der Waals surface area contributed by atoms with Crippen LogP contribution in [0.4, 0.5) is 0 Å². The van der Waals surface area contributed by atoms with Gasteiger partial charge in [-0.1, -0.05) is 48.0 Å². The first kappa shape index (κ1) is 14.5. The summed E-state index contributed by atoms with van der Waals surface area (Å²) in [6.07, 6.45) is 3.57. The van der Waals surface area contributed by atoms with Crippen LogP contribution >= 0.6 is 11.6 Å². The van der Waals surface area contributed by atoms with E-state index in [4.69, 9.17) is 16.3 Å². The van der Waals surface area contributed by atoms with Crippen molar-refractivity contribution in [2.45, 2.75) is 12.0 Å². The standard InChI is InChI=1S/C17H12ClNO3/c18-14-7-5-12(6-8-14)11-17(16(20)19-21)10-9-13-3-1-2-4-15(13)22-17/h1-10H,11H2. The van der Waals surface area contributed by atoms with E-state index in [0.29, 0.717) is 10.8 Å². The van der Waals surface area contributed by atoms with E-state index in [9.17, 15) is 9.70 Å². The normalized spacial score (nSPS) is 19.1. The average molecular weight is 314 g/mol. The third-order valence-corrected chi connectivity index (χ3v) is 3.82. The highest BCUT2D eigenvalue weighted by atomic mass is 35.5. The quantitative estimate of drug-likeness (QED) is 0.804. The van der Waals surface area contributed by atoms with Gasteiger partial charge in [0.05, 0.1) is 0 Å². The van der Waals surface area contributed by atoms with E-state index >= 15 is 0 Å². The fourth-order valence-corrected chi connectivity index (χ4v) is 2.56. The van der Waals surface area contributed by atoms with Gasteiger partial charge in [0.1, 0.15) is 5.75 Å². The fraction of sp³-hybridized carbons (Fsp3) is 0.118. The van der Waals surface area contributed by atoms with Crippen LogP contribution in [0.5, 0.6) is 5.75 Å². The summed E-state index contributed by atoms with van der Waals surface area (Å²) in [4.78, 5) is 22.9. The topological polar surface area (TPSA) is 55.7 Å². The Balaban J connectivity index is 1.99. The zero-order chi connectivity index (χ0) is 15.6. The van der Waals surface area contributed by atoms with E-state index in [2.05, 4.69) is 5.18 Å². The molecule has 4 nitrogen and oxygen atoms in total. The number of hydrogen-bond acceptors (Lipinski definition) is 3. The highest BCUT2D eigenvalue weighted by molar-refractivity contribution is 6.30. The number of para-hydroxylation sites is 1. The third kappa shape index (κ3) is 2.65. The van der Waals surface area contributed by atoms with Gasteiger partial charge in [-0.05, 0) is 29.8 Å². The summed E-state index contributed by atoms with van der Waals surface area (Å²) in [5.74, 6) is -0.302. The predicted molar refractivity (Wildman–Crippen MR) is 84.8 cm³/mol. The molecule has 3 rings (SSSR count). The molecule has 1 unspecified atom stereocenters. The second-order valence-corrected chi connectivity index (χ2v) is 5.50. The van der Waals surface area contributed by atoms with Gasteiger partial charge in [-0.3, -0.25) is 4.79 Å². The van der Waals surface area contributed by atoms with Crippen molar-refractivity contribution in [3.8, 4) is 5.75 Å². The third-order valence-electron chi connectivity index (χ3n) is 3.57. The summed E-state index contributed by atoms with van der Waals surface area (Å²) in [6.45, 7) is 0. The molecule has 1 atom stereocenters. The molecule has 0 fully saturated rings. The van der Waals surface area contributed by atoms with Crippen LogP contribution in [-0.2, 0) is 11.2 Å². The SMILES string of the molecule is O=NC(=O)C1(Cc2ccc(Cl)cc2)C=Cc2ccccc2O1. The molecule has 0 N–H and O–H groups in total. The van der Waals surface area contributed by atoms with Crippen molar-refractivity contribution < 1.29 is 9.53 Å². The van der Waals surface area contributed by atoms with Crippen molar-refractivity contribution in [3.05, 3.63) is 75.7 Å². The molecule has 2 aromatic carbocycles. The molecular weight excluding hydrogens is 302 g/mol. The Bertz CT molecular complexity index is 755. The van der Waals surface area contributed by atoms with Crippen LogP contribution in [0.15, 0.2) is 59.8 Å². The number of hydrogen-bond donors (Lipinski definition) is 0. The van der Waals surface area contributed by atoms with Crippen molar-refractivity contribution in [1.29, 1.82) is 0 Å². The van der Waals surface area contributed by atoms with E-state index in [0.717, 1.165) is 11.1 Å². The number of ether oxygens (including phenoxy) is 1. The van der Waals surface area contributed by atoms with Gasteiger partial charge in [0, 0.05) is 22.2 Å². The summed E-state index contributed by atoms with van der Waals surface area (Å²) in [5.41, 5.74) is 0.266. The molecular formula is C17H12ClNO3. The van der Waals surface area contributed by atoms with Gasteiger partial charge in [0.2, 0.25) is 5.60 Å². The summed E-state index contributed by atoms with van der Waals surface area (Å²) < 4.78 is 5.84. The molecule has 0 saturated carbocycles. The fourth-order valence-electron chi connectivity index (χ4n) is 2.43. The Kier molecular flexibility index (Phi) is 3.77. The first-order valence-electron chi connectivity index (χ1n) is 6.72. The van der Waals surface area contributed by atoms with Gasteiger partial charge >= 0.3 is 5.91 Å². The number of carbonyl (C=O) groups excluding carboxylic acids is 1. The van der Waals surface area contributed by atoms with Crippen LogP contribution in [0, 0.1) is 4.91 Å². The minimum Gasteiger partial charge on any atom is -0.472 e. The molecule has 0 bridgehead atoms. The summed E-state index contributed by atoms with van der Waals surface area (Å²) >= 11 is 5.87. The van der Waals surface area contributed by atoms with E-state index < -0.39 is 11.5 Å². The molecule has 22 heavy (non-hydrogen) atoms. The van der Waals surface area contributed by atoms with Crippen LogP contribution in [0.25, 0.3) is 6.08 Å². The minimum atomic E-state index is -1.41. The first-order chi connectivity index (χ1) is 10.6.